The summed E-state index contributed by atoms with van der Waals surface area (Å²) >= 11 is 0. The molecule has 0 bridgehead atoms. The van der Waals surface area contributed by atoms with Gasteiger partial charge in [0.2, 0.25) is 5.82 Å². The molecule has 0 aromatic carbocycles. The van der Waals surface area contributed by atoms with E-state index in [4.69, 9.17) is 4.74 Å². The second-order valence-electron chi connectivity index (χ2n) is 5.50. The van der Waals surface area contributed by atoms with Crippen LogP contribution in [-0.4, -0.2) is 81.1 Å². The second kappa shape index (κ2) is 6.82. The van der Waals surface area contributed by atoms with E-state index < -0.39 is 36.4 Å². The molecule has 0 spiro atoms. The Bertz CT molecular complexity index is 854. The van der Waals surface area contributed by atoms with Gasteiger partial charge >= 0.3 is 5.97 Å². The molecule has 1 saturated heterocycles. The Morgan fingerprint density at radius 1 is 1.27 bits per heavy atom. The zero-order valence-electron chi connectivity index (χ0n) is 14.2. The predicted molar refractivity (Wildman–Crippen MR) is 86.2 cm³/mol. The molecular formula is C14H18N6O6. The first-order valence-corrected chi connectivity index (χ1v) is 7.66. The third-order valence-corrected chi connectivity index (χ3v) is 4.04. The number of hydrogen-bond donors (Lipinski definition) is 4. The number of amides is 1. The van der Waals surface area contributed by atoms with Crippen LogP contribution >= 0.6 is 0 Å². The first kappa shape index (κ1) is 18.0. The summed E-state index contributed by atoms with van der Waals surface area (Å²) in [7, 11) is 4.17. The number of esters is 1. The van der Waals surface area contributed by atoms with Gasteiger partial charge in [0.1, 0.15) is 12.2 Å². The van der Waals surface area contributed by atoms with E-state index in [9.17, 15) is 19.8 Å². The number of carbonyl (C=O) groups excluding carboxylic acids is 2. The van der Waals surface area contributed by atoms with E-state index in [-0.39, 0.29) is 17.3 Å². The topological polar surface area (TPSA) is 161 Å². The molecule has 3 heterocycles. The SMILES string of the molecule is CNC(=O)[C@H]1OC(n2cnc3c(NC)nc(C(=O)OC)nc32)C(O)C1O. The average molecular weight is 366 g/mol. The molecule has 1 amide bonds. The summed E-state index contributed by atoms with van der Waals surface area (Å²) in [5.74, 6) is -1.29. The quantitative estimate of drug-likeness (QED) is 0.446. The summed E-state index contributed by atoms with van der Waals surface area (Å²) in [5.41, 5.74) is 0.479. The van der Waals surface area contributed by atoms with Gasteiger partial charge in [0.05, 0.1) is 13.4 Å². The largest absolute Gasteiger partial charge is 0.463 e. The Morgan fingerprint density at radius 3 is 2.62 bits per heavy atom. The normalized spacial score (nSPS) is 25.3. The Morgan fingerprint density at radius 2 is 2.00 bits per heavy atom. The van der Waals surface area contributed by atoms with Gasteiger partial charge in [-0.05, 0) is 0 Å². The van der Waals surface area contributed by atoms with E-state index in [1.54, 1.807) is 7.05 Å². The number of nitrogens with zero attached hydrogens (tertiary/aromatic N) is 4. The maximum atomic E-state index is 11.8. The summed E-state index contributed by atoms with van der Waals surface area (Å²) in [6.07, 6.45) is -3.94. The minimum Gasteiger partial charge on any atom is -0.463 e. The Kier molecular flexibility index (Phi) is 4.71. The number of fused-ring (bicyclic) bond motifs is 1. The Balaban J connectivity index is 2.08. The van der Waals surface area contributed by atoms with Gasteiger partial charge in [0, 0.05) is 14.1 Å². The fourth-order valence-electron chi connectivity index (χ4n) is 2.71. The summed E-state index contributed by atoms with van der Waals surface area (Å²) in [5, 5.41) is 25.5. The summed E-state index contributed by atoms with van der Waals surface area (Å²) in [4.78, 5) is 35.9. The highest BCUT2D eigenvalue weighted by atomic mass is 16.6. The molecule has 4 atom stereocenters. The number of rotatable bonds is 4. The van der Waals surface area contributed by atoms with Crippen LogP contribution in [0.4, 0.5) is 5.82 Å². The van der Waals surface area contributed by atoms with Crippen molar-refractivity contribution in [3.63, 3.8) is 0 Å². The van der Waals surface area contributed by atoms with Gasteiger partial charge in [-0.1, -0.05) is 0 Å². The highest BCUT2D eigenvalue weighted by molar-refractivity contribution is 5.91. The number of ether oxygens (including phenoxy) is 2. The van der Waals surface area contributed by atoms with Crippen molar-refractivity contribution >= 4 is 28.9 Å². The first-order valence-electron chi connectivity index (χ1n) is 7.66. The zero-order valence-corrected chi connectivity index (χ0v) is 14.2. The lowest BCUT2D eigenvalue weighted by atomic mass is 10.1. The molecule has 2 aromatic rings. The maximum Gasteiger partial charge on any atom is 0.376 e. The fraction of sp³-hybridized carbons (Fsp3) is 0.500. The van der Waals surface area contributed by atoms with Crippen molar-refractivity contribution in [2.45, 2.75) is 24.5 Å². The Hall–Kier alpha value is -2.83. The van der Waals surface area contributed by atoms with E-state index in [0.29, 0.717) is 5.52 Å². The van der Waals surface area contributed by atoms with Gasteiger partial charge in [0.25, 0.3) is 5.91 Å². The number of anilines is 1. The highest BCUT2D eigenvalue weighted by Gasteiger charge is 2.47. The van der Waals surface area contributed by atoms with Crippen LogP contribution < -0.4 is 10.6 Å². The van der Waals surface area contributed by atoms with Crippen molar-refractivity contribution in [3.8, 4) is 0 Å². The van der Waals surface area contributed by atoms with E-state index >= 15 is 0 Å². The van der Waals surface area contributed by atoms with Crippen molar-refractivity contribution in [3.05, 3.63) is 12.2 Å². The molecule has 140 valence electrons. The lowest BCUT2D eigenvalue weighted by molar-refractivity contribution is -0.137. The average Bonchev–Trinajstić information content (AvgIpc) is 3.21. The summed E-state index contributed by atoms with van der Waals surface area (Å²) in [6, 6.07) is 0. The molecule has 2 aromatic heterocycles. The number of carbonyl (C=O) groups is 2. The third-order valence-electron chi connectivity index (χ3n) is 4.04. The fourth-order valence-corrected chi connectivity index (χ4v) is 2.71. The molecular weight excluding hydrogens is 348 g/mol. The molecule has 3 unspecified atom stereocenters. The van der Waals surface area contributed by atoms with E-state index in [1.165, 1.54) is 25.1 Å². The minimum absolute atomic E-state index is 0.165. The smallest absolute Gasteiger partial charge is 0.376 e. The van der Waals surface area contributed by atoms with Gasteiger partial charge in [-0.25, -0.2) is 19.7 Å². The predicted octanol–water partition coefficient (Wildman–Crippen LogP) is -1.98. The molecule has 0 aliphatic carbocycles. The number of aromatic nitrogens is 4. The molecule has 0 radical (unpaired) electrons. The lowest BCUT2D eigenvalue weighted by Crippen LogP contribution is -2.41. The molecule has 12 heteroatoms. The van der Waals surface area contributed by atoms with E-state index in [1.807, 2.05) is 0 Å². The number of methoxy groups -OCH3 is 1. The minimum atomic E-state index is -1.44. The number of hydrogen-bond acceptors (Lipinski definition) is 10. The first-order chi connectivity index (χ1) is 12.4. The lowest BCUT2D eigenvalue weighted by Gasteiger charge is -2.16. The molecule has 12 nitrogen and oxygen atoms in total. The molecule has 1 fully saturated rings. The highest BCUT2D eigenvalue weighted by Crippen LogP contribution is 2.32. The summed E-state index contributed by atoms with van der Waals surface area (Å²) < 4.78 is 11.5. The number of aliphatic hydroxyl groups is 2. The van der Waals surface area contributed by atoms with Crippen molar-refractivity contribution < 1.29 is 29.3 Å². The van der Waals surface area contributed by atoms with Gasteiger partial charge in [-0.2, -0.15) is 0 Å². The molecule has 3 rings (SSSR count). The van der Waals surface area contributed by atoms with Crippen LogP contribution in [0.25, 0.3) is 11.2 Å². The van der Waals surface area contributed by atoms with Crippen molar-refractivity contribution in [2.24, 2.45) is 0 Å². The maximum absolute atomic E-state index is 11.8. The second-order valence-corrected chi connectivity index (χ2v) is 5.50. The zero-order chi connectivity index (χ0) is 19.0. The van der Waals surface area contributed by atoms with Gasteiger partial charge < -0.3 is 30.3 Å². The van der Waals surface area contributed by atoms with Crippen molar-refractivity contribution in [1.82, 2.24) is 24.8 Å². The van der Waals surface area contributed by atoms with Gasteiger partial charge in [-0.15, -0.1) is 0 Å². The number of imidazole rings is 1. The molecule has 1 aliphatic rings. The monoisotopic (exact) mass is 366 g/mol. The van der Waals surface area contributed by atoms with Gasteiger partial charge in [-0.3, -0.25) is 9.36 Å². The van der Waals surface area contributed by atoms with Crippen LogP contribution in [0.1, 0.15) is 16.8 Å². The molecule has 4 N–H and O–H groups in total. The molecule has 1 aliphatic heterocycles. The number of nitrogens with one attached hydrogen (secondary N) is 2. The van der Waals surface area contributed by atoms with Crippen LogP contribution in [0.2, 0.25) is 0 Å². The van der Waals surface area contributed by atoms with Crippen LogP contribution in [0.5, 0.6) is 0 Å². The van der Waals surface area contributed by atoms with Crippen LogP contribution in [0.15, 0.2) is 6.33 Å². The van der Waals surface area contributed by atoms with E-state index in [0.717, 1.165) is 0 Å². The number of likely N-dealkylation sites (N-methyl/N-ethyl adjacent to an activating group) is 1. The van der Waals surface area contributed by atoms with Crippen molar-refractivity contribution in [2.75, 3.05) is 26.5 Å². The standard InChI is InChI=1S/C14H18N6O6/c1-15-9-5-11(19-10(18-9)14(24)25-3)20(4-17-5)13-7(22)6(21)8(26-13)12(23)16-2/h4,6-8,13,21-22H,1-3H3,(H,16,23)(H,15,18,19)/t6?,7?,8-,13?/m0/s1. The summed E-state index contributed by atoms with van der Waals surface area (Å²) in [6.45, 7) is 0. The third kappa shape index (κ3) is 2.73. The van der Waals surface area contributed by atoms with Crippen LogP contribution in [0.3, 0.4) is 0 Å². The molecule has 26 heavy (non-hydrogen) atoms. The van der Waals surface area contributed by atoms with Crippen molar-refractivity contribution in [1.29, 1.82) is 0 Å². The Labute approximate surface area is 147 Å². The van der Waals surface area contributed by atoms with Crippen LogP contribution in [0, 0.1) is 0 Å². The number of aliphatic hydroxyl groups excluding tert-OH is 2. The van der Waals surface area contributed by atoms with Gasteiger partial charge in [0.15, 0.2) is 29.3 Å². The van der Waals surface area contributed by atoms with Crippen LogP contribution in [-0.2, 0) is 14.3 Å². The van der Waals surface area contributed by atoms with E-state index in [2.05, 4.69) is 30.3 Å². The molecule has 0 saturated carbocycles.